The van der Waals surface area contributed by atoms with Crippen molar-refractivity contribution in [2.24, 2.45) is 35.5 Å². The maximum absolute atomic E-state index is 14.3. The van der Waals surface area contributed by atoms with Crippen molar-refractivity contribution in [3.63, 3.8) is 0 Å². The SMILES string of the molecule is C=CC(CCCCC)C1=C(C(=O)C2C(C)C=CC3(O)CC(C(=O)NC(CSSC(C)(C)C)C(=O)OC)CC(C)C23)C(=O)NC1=O. The van der Waals surface area contributed by atoms with Gasteiger partial charge in [0.2, 0.25) is 5.91 Å². The van der Waals surface area contributed by atoms with Crippen LogP contribution in [0.4, 0.5) is 0 Å². The lowest BCUT2D eigenvalue weighted by Crippen LogP contribution is -2.57. The van der Waals surface area contributed by atoms with Crippen molar-refractivity contribution in [3.05, 3.63) is 36.0 Å². The van der Waals surface area contributed by atoms with Gasteiger partial charge in [-0.25, -0.2) is 4.79 Å². The Bertz CT molecular complexity index is 1240. The second kappa shape index (κ2) is 15.5. The van der Waals surface area contributed by atoms with Gasteiger partial charge in [0.25, 0.3) is 11.8 Å². The molecule has 45 heavy (non-hydrogen) atoms. The van der Waals surface area contributed by atoms with Crippen LogP contribution in [0.25, 0.3) is 0 Å². The van der Waals surface area contributed by atoms with Gasteiger partial charge in [-0.15, -0.1) is 6.58 Å². The second-order valence-electron chi connectivity index (χ2n) is 13.7. The van der Waals surface area contributed by atoms with Crippen molar-refractivity contribution >= 4 is 51.1 Å². The normalized spacial score (nSPS) is 29.5. The van der Waals surface area contributed by atoms with Gasteiger partial charge in [0.05, 0.1) is 18.3 Å². The van der Waals surface area contributed by atoms with Crippen LogP contribution >= 0.6 is 21.6 Å². The number of hydrogen-bond donors (Lipinski definition) is 3. The third-order valence-electron chi connectivity index (χ3n) is 9.07. The predicted octanol–water partition coefficient (Wildman–Crippen LogP) is 4.94. The zero-order valence-electron chi connectivity index (χ0n) is 27.6. The van der Waals surface area contributed by atoms with E-state index in [-0.39, 0.29) is 40.1 Å². The van der Waals surface area contributed by atoms with E-state index in [1.165, 1.54) is 17.9 Å². The monoisotopic (exact) mass is 662 g/mol. The molecule has 1 heterocycles. The van der Waals surface area contributed by atoms with Crippen molar-refractivity contribution in [1.82, 2.24) is 10.6 Å². The second-order valence-corrected chi connectivity index (χ2v) is 16.9. The Morgan fingerprint density at radius 2 is 1.91 bits per heavy atom. The first-order chi connectivity index (χ1) is 21.1. The van der Waals surface area contributed by atoms with Crippen LogP contribution in [0.3, 0.4) is 0 Å². The van der Waals surface area contributed by atoms with E-state index in [9.17, 15) is 29.1 Å². The minimum atomic E-state index is -1.50. The molecule has 3 amide bonds. The number of esters is 1. The number of nitrogens with one attached hydrogen (secondary N) is 2. The predicted molar refractivity (Wildman–Crippen MR) is 179 cm³/mol. The molecule has 0 bridgehead atoms. The number of imide groups is 1. The fourth-order valence-corrected chi connectivity index (χ4v) is 9.47. The summed E-state index contributed by atoms with van der Waals surface area (Å²) in [5, 5.41) is 17.2. The van der Waals surface area contributed by atoms with Gasteiger partial charge in [-0.2, -0.15) is 0 Å². The number of ether oxygens (including phenoxy) is 1. The highest BCUT2D eigenvalue weighted by Crippen LogP contribution is 2.51. The maximum Gasteiger partial charge on any atom is 0.329 e. The average Bonchev–Trinajstić information content (AvgIpc) is 3.26. The molecule has 11 heteroatoms. The molecule has 1 fully saturated rings. The van der Waals surface area contributed by atoms with E-state index in [0.29, 0.717) is 18.6 Å². The molecular formula is C34H50N2O7S2. The van der Waals surface area contributed by atoms with Crippen molar-refractivity contribution in [2.75, 3.05) is 12.9 Å². The first-order valence-electron chi connectivity index (χ1n) is 16.0. The smallest absolute Gasteiger partial charge is 0.329 e. The summed E-state index contributed by atoms with van der Waals surface area (Å²) in [5.74, 6) is -5.28. The van der Waals surface area contributed by atoms with Crippen molar-refractivity contribution in [1.29, 1.82) is 0 Å². The van der Waals surface area contributed by atoms with Gasteiger partial charge in [0, 0.05) is 39.7 Å². The quantitative estimate of drug-likeness (QED) is 0.0589. The van der Waals surface area contributed by atoms with Gasteiger partial charge in [0.15, 0.2) is 5.78 Å². The highest BCUT2D eigenvalue weighted by molar-refractivity contribution is 8.77. The maximum atomic E-state index is 14.3. The number of carbonyl (C=O) groups excluding carboxylic acids is 5. The molecule has 0 spiro atoms. The molecule has 3 N–H and O–H groups in total. The number of fused-ring (bicyclic) bond motifs is 1. The van der Waals surface area contributed by atoms with E-state index in [2.05, 4.69) is 44.9 Å². The Morgan fingerprint density at radius 3 is 2.51 bits per heavy atom. The summed E-state index contributed by atoms with van der Waals surface area (Å²) in [6.45, 7) is 15.9. The van der Waals surface area contributed by atoms with Crippen LogP contribution < -0.4 is 10.6 Å². The Morgan fingerprint density at radius 1 is 1.22 bits per heavy atom. The first-order valence-corrected chi connectivity index (χ1v) is 18.3. The topological polar surface area (TPSA) is 139 Å². The van der Waals surface area contributed by atoms with Gasteiger partial charge < -0.3 is 15.2 Å². The van der Waals surface area contributed by atoms with Crippen molar-refractivity contribution < 1.29 is 33.8 Å². The molecule has 0 radical (unpaired) electrons. The zero-order chi connectivity index (χ0) is 33.7. The summed E-state index contributed by atoms with van der Waals surface area (Å²) in [7, 11) is 4.37. The van der Waals surface area contributed by atoms with Gasteiger partial charge in [0.1, 0.15) is 6.04 Å². The van der Waals surface area contributed by atoms with Gasteiger partial charge in [-0.05, 0) is 31.1 Å². The molecule has 250 valence electrons. The molecule has 0 aromatic carbocycles. The fourth-order valence-electron chi connectivity index (χ4n) is 7.02. The highest BCUT2D eigenvalue weighted by Gasteiger charge is 2.56. The largest absolute Gasteiger partial charge is 0.467 e. The number of allylic oxidation sites excluding steroid dienone is 2. The van der Waals surface area contributed by atoms with E-state index in [0.717, 1.165) is 19.3 Å². The third kappa shape index (κ3) is 8.71. The molecular weight excluding hydrogens is 613 g/mol. The molecule has 8 atom stereocenters. The zero-order valence-corrected chi connectivity index (χ0v) is 29.3. The summed E-state index contributed by atoms with van der Waals surface area (Å²) in [4.78, 5) is 66.4. The van der Waals surface area contributed by atoms with Crippen molar-refractivity contribution in [2.45, 2.75) is 96.5 Å². The van der Waals surface area contributed by atoms with Gasteiger partial charge >= 0.3 is 5.97 Å². The number of rotatable bonds is 14. The molecule has 9 nitrogen and oxygen atoms in total. The Balaban J connectivity index is 1.87. The molecule has 0 aromatic heterocycles. The van der Waals surface area contributed by atoms with Crippen LogP contribution in [0.2, 0.25) is 0 Å². The number of aliphatic hydroxyl groups is 1. The summed E-state index contributed by atoms with van der Waals surface area (Å²) in [6, 6.07) is -0.847. The summed E-state index contributed by atoms with van der Waals surface area (Å²) < 4.78 is 4.91. The Labute approximate surface area is 275 Å². The number of ketones is 1. The lowest BCUT2D eigenvalue weighted by atomic mass is 9.55. The van der Waals surface area contributed by atoms with Crippen LogP contribution in [0.15, 0.2) is 36.0 Å². The van der Waals surface area contributed by atoms with E-state index in [4.69, 9.17) is 4.74 Å². The fraction of sp³-hybridized carbons (Fsp3) is 0.676. The van der Waals surface area contributed by atoms with E-state index < -0.39 is 58.9 Å². The number of Topliss-reactive ketones (excluding diaryl/α,β-unsaturated/α-hetero) is 1. The third-order valence-corrected chi connectivity index (χ3v) is 12.4. The van der Waals surface area contributed by atoms with Crippen LogP contribution in [0.5, 0.6) is 0 Å². The molecule has 0 aromatic rings. The number of carbonyl (C=O) groups is 5. The Kier molecular flexibility index (Phi) is 12.8. The number of methoxy groups -OCH3 is 1. The van der Waals surface area contributed by atoms with E-state index in [1.54, 1.807) is 29.0 Å². The number of unbranched alkanes of at least 4 members (excludes halogenated alkanes) is 2. The van der Waals surface area contributed by atoms with Crippen LogP contribution in [0.1, 0.15) is 80.1 Å². The average molecular weight is 663 g/mol. The lowest BCUT2D eigenvalue weighted by molar-refractivity contribution is -0.149. The highest BCUT2D eigenvalue weighted by atomic mass is 33.1. The molecule has 3 rings (SSSR count). The standard InChI is InChI=1S/C34H50N2O7S2/c1-9-11-12-13-21(10-2)25-26(31(40)36-30(25)39)28(37)24-19(3)14-15-34(42)17-22(16-20(4)27(24)34)29(38)35-23(32(41)43-8)18-44-45-33(5,6)7/h10,14-15,19-24,27,42H,2,9,11-13,16-18H2,1,3-8H3,(H,35,38)(H,36,39,40). The molecule has 8 unspecified atom stereocenters. The van der Waals surface area contributed by atoms with Crippen LogP contribution in [0, 0.1) is 35.5 Å². The minimum Gasteiger partial charge on any atom is -0.467 e. The minimum absolute atomic E-state index is 0.0320. The molecule has 0 saturated heterocycles. The molecule has 3 aliphatic rings. The summed E-state index contributed by atoms with van der Waals surface area (Å²) >= 11 is 0. The summed E-state index contributed by atoms with van der Waals surface area (Å²) in [6.07, 6.45) is 8.89. The molecule has 1 saturated carbocycles. The summed E-state index contributed by atoms with van der Waals surface area (Å²) in [5.41, 5.74) is -1.46. The van der Waals surface area contributed by atoms with Gasteiger partial charge in [-0.1, -0.05) is 101 Å². The lowest BCUT2D eigenvalue weighted by Gasteiger charge is -2.51. The van der Waals surface area contributed by atoms with Crippen molar-refractivity contribution in [3.8, 4) is 0 Å². The number of hydrogen-bond acceptors (Lipinski definition) is 9. The molecule has 1 aliphatic heterocycles. The van der Waals surface area contributed by atoms with E-state index >= 15 is 0 Å². The molecule has 2 aliphatic carbocycles. The van der Waals surface area contributed by atoms with Gasteiger partial charge in [-0.3, -0.25) is 24.5 Å². The first kappa shape index (κ1) is 37.1. The van der Waals surface area contributed by atoms with E-state index in [1.807, 2.05) is 13.8 Å². The van der Waals surface area contributed by atoms with Crippen LogP contribution in [-0.2, 0) is 28.7 Å². The van der Waals surface area contributed by atoms with Crippen LogP contribution in [-0.4, -0.2) is 63.8 Å². The Hall–Kier alpha value is -2.37. The number of amides is 3.